The van der Waals surface area contributed by atoms with E-state index in [4.69, 9.17) is 4.74 Å². The maximum absolute atomic E-state index is 11.2. The molecule has 0 saturated heterocycles. The van der Waals surface area contributed by atoms with E-state index in [0.29, 0.717) is 6.42 Å². The minimum atomic E-state index is -0.167. The molecular weight excluding hydrogens is 228 g/mol. The molecule has 0 radical (unpaired) electrons. The van der Waals surface area contributed by atoms with Gasteiger partial charge in [0, 0.05) is 6.42 Å². The summed E-state index contributed by atoms with van der Waals surface area (Å²) >= 11 is 0. The number of rotatable bonds is 6. The molecule has 0 saturated carbocycles. The van der Waals surface area contributed by atoms with Crippen LogP contribution in [0.4, 0.5) is 0 Å². The SMILES string of the molecule is CCc1cc(OC(C)C)ccc1CCC(=O)OC. The van der Waals surface area contributed by atoms with Gasteiger partial charge in [-0.15, -0.1) is 0 Å². The first-order valence-electron chi connectivity index (χ1n) is 6.42. The number of esters is 1. The van der Waals surface area contributed by atoms with Crippen LogP contribution < -0.4 is 4.74 Å². The highest BCUT2D eigenvalue weighted by Gasteiger charge is 2.07. The molecule has 0 N–H and O–H groups in total. The zero-order chi connectivity index (χ0) is 13.5. The molecule has 3 heteroatoms. The number of aryl methyl sites for hydroxylation is 2. The van der Waals surface area contributed by atoms with Crippen molar-refractivity contribution in [3.05, 3.63) is 29.3 Å². The van der Waals surface area contributed by atoms with Gasteiger partial charge in [-0.2, -0.15) is 0 Å². The van der Waals surface area contributed by atoms with E-state index in [0.717, 1.165) is 18.6 Å². The maximum Gasteiger partial charge on any atom is 0.305 e. The van der Waals surface area contributed by atoms with Gasteiger partial charge in [0.05, 0.1) is 13.2 Å². The number of ether oxygens (including phenoxy) is 2. The van der Waals surface area contributed by atoms with Gasteiger partial charge in [-0.25, -0.2) is 0 Å². The summed E-state index contributed by atoms with van der Waals surface area (Å²) in [5.41, 5.74) is 2.43. The molecule has 3 nitrogen and oxygen atoms in total. The predicted molar refractivity (Wildman–Crippen MR) is 71.9 cm³/mol. The Labute approximate surface area is 109 Å². The second kappa shape index (κ2) is 7.04. The standard InChI is InChI=1S/C15H22O3/c1-5-12-10-14(18-11(2)3)8-6-13(12)7-9-15(16)17-4/h6,8,10-11H,5,7,9H2,1-4H3. The summed E-state index contributed by atoms with van der Waals surface area (Å²) in [4.78, 5) is 11.2. The fourth-order valence-electron chi connectivity index (χ4n) is 1.86. The van der Waals surface area contributed by atoms with Crippen molar-refractivity contribution in [1.82, 2.24) is 0 Å². The van der Waals surface area contributed by atoms with Crippen molar-refractivity contribution >= 4 is 5.97 Å². The lowest BCUT2D eigenvalue weighted by atomic mass is 10.0. The largest absolute Gasteiger partial charge is 0.491 e. The summed E-state index contributed by atoms with van der Waals surface area (Å²) in [6.07, 6.45) is 2.26. The summed E-state index contributed by atoms with van der Waals surface area (Å²) < 4.78 is 10.3. The maximum atomic E-state index is 11.2. The highest BCUT2D eigenvalue weighted by atomic mass is 16.5. The molecule has 0 fully saturated rings. The molecule has 18 heavy (non-hydrogen) atoms. The van der Waals surface area contributed by atoms with E-state index in [9.17, 15) is 4.79 Å². The molecule has 0 aliphatic heterocycles. The molecule has 1 aromatic carbocycles. The second-order valence-electron chi connectivity index (χ2n) is 4.53. The van der Waals surface area contributed by atoms with Gasteiger partial charge < -0.3 is 9.47 Å². The average Bonchev–Trinajstić information content (AvgIpc) is 2.35. The fraction of sp³-hybridized carbons (Fsp3) is 0.533. The van der Waals surface area contributed by atoms with Gasteiger partial charge in [-0.1, -0.05) is 13.0 Å². The highest BCUT2D eigenvalue weighted by Crippen LogP contribution is 2.21. The minimum absolute atomic E-state index is 0.167. The third kappa shape index (κ3) is 4.40. The van der Waals surface area contributed by atoms with Crippen LogP contribution in [0.15, 0.2) is 18.2 Å². The van der Waals surface area contributed by atoms with E-state index in [2.05, 4.69) is 17.7 Å². The monoisotopic (exact) mass is 250 g/mol. The molecule has 0 aliphatic rings. The quantitative estimate of drug-likeness (QED) is 0.728. The smallest absolute Gasteiger partial charge is 0.305 e. The van der Waals surface area contributed by atoms with Crippen LogP contribution in [0.3, 0.4) is 0 Å². The summed E-state index contributed by atoms with van der Waals surface area (Å²) in [5, 5.41) is 0. The van der Waals surface area contributed by atoms with Crippen molar-refractivity contribution in [2.45, 2.75) is 46.1 Å². The van der Waals surface area contributed by atoms with Gasteiger partial charge in [0.2, 0.25) is 0 Å². The Bertz CT molecular complexity index is 397. The number of hydrogen-bond acceptors (Lipinski definition) is 3. The van der Waals surface area contributed by atoms with E-state index in [1.807, 2.05) is 26.0 Å². The summed E-state index contributed by atoms with van der Waals surface area (Å²) in [7, 11) is 1.42. The van der Waals surface area contributed by atoms with Crippen LogP contribution in [0.5, 0.6) is 5.75 Å². The molecule has 0 aromatic heterocycles. The Balaban J connectivity index is 2.76. The lowest BCUT2D eigenvalue weighted by Crippen LogP contribution is -2.07. The predicted octanol–water partition coefficient (Wildman–Crippen LogP) is 3.14. The van der Waals surface area contributed by atoms with Crippen LogP contribution in [0.2, 0.25) is 0 Å². The van der Waals surface area contributed by atoms with Crippen LogP contribution in [0.25, 0.3) is 0 Å². The number of carbonyl (C=O) groups is 1. The van der Waals surface area contributed by atoms with Gasteiger partial charge in [0.15, 0.2) is 0 Å². The number of methoxy groups -OCH3 is 1. The fourth-order valence-corrected chi connectivity index (χ4v) is 1.86. The molecule has 1 aromatic rings. The van der Waals surface area contributed by atoms with E-state index < -0.39 is 0 Å². The van der Waals surface area contributed by atoms with Crippen LogP contribution in [-0.4, -0.2) is 19.2 Å². The molecular formula is C15H22O3. The first-order chi connectivity index (χ1) is 8.56. The topological polar surface area (TPSA) is 35.5 Å². The molecule has 0 aliphatic carbocycles. The zero-order valence-corrected chi connectivity index (χ0v) is 11.7. The van der Waals surface area contributed by atoms with E-state index in [1.54, 1.807) is 0 Å². The lowest BCUT2D eigenvalue weighted by molar-refractivity contribution is -0.140. The van der Waals surface area contributed by atoms with Crippen molar-refractivity contribution in [2.75, 3.05) is 7.11 Å². The highest BCUT2D eigenvalue weighted by molar-refractivity contribution is 5.69. The van der Waals surface area contributed by atoms with Gasteiger partial charge in [0.1, 0.15) is 5.75 Å². The summed E-state index contributed by atoms with van der Waals surface area (Å²) in [6.45, 7) is 6.13. The molecule has 0 atom stereocenters. The van der Waals surface area contributed by atoms with Gasteiger partial charge in [-0.3, -0.25) is 4.79 Å². The molecule has 100 valence electrons. The molecule has 0 amide bonds. The lowest BCUT2D eigenvalue weighted by Gasteiger charge is -2.13. The molecule has 0 unspecified atom stereocenters. The van der Waals surface area contributed by atoms with E-state index in [-0.39, 0.29) is 12.1 Å². The van der Waals surface area contributed by atoms with Crippen LogP contribution in [0, 0.1) is 0 Å². The summed E-state index contributed by atoms with van der Waals surface area (Å²) in [6, 6.07) is 6.07. The molecule has 0 bridgehead atoms. The van der Waals surface area contributed by atoms with Crippen molar-refractivity contribution in [1.29, 1.82) is 0 Å². The zero-order valence-electron chi connectivity index (χ0n) is 11.7. The molecule has 0 heterocycles. The van der Waals surface area contributed by atoms with Crippen molar-refractivity contribution < 1.29 is 14.3 Å². The minimum Gasteiger partial charge on any atom is -0.491 e. The van der Waals surface area contributed by atoms with E-state index in [1.165, 1.54) is 18.2 Å². The first kappa shape index (κ1) is 14.6. The van der Waals surface area contributed by atoms with Crippen LogP contribution >= 0.6 is 0 Å². The Kier molecular flexibility index (Phi) is 5.69. The average molecular weight is 250 g/mol. The molecule has 0 spiro atoms. The van der Waals surface area contributed by atoms with Gasteiger partial charge in [-0.05, 0) is 49.9 Å². The Morgan fingerprint density at radius 2 is 2.00 bits per heavy atom. The van der Waals surface area contributed by atoms with Gasteiger partial charge >= 0.3 is 5.97 Å². The van der Waals surface area contributed by atoms with Crippen molar-refractivity contribution in [2.24, 2.45) is 0 Å². The third-order valence-corrected chi connectivity index (χ3v) is 2.76. The van der Waals surface area contributed by atoms with Crippen molar-refractivity contribution in [3.8, 4) is 5.75 Å². The number of carbonyl (C=O) groups excluding carboxylic acids is 1. The normalized spacial score (nSPS) is 10.5. The van der Waals surface area contributed by atoms with Gasteiger partial charge in [0.25, 0.3) is 0 Å². The third-order valence-electron chi connectivity index (χ3n) is 2.76. The Hall–Kier alpha value is -1.51. The molecule has 1 rings (SSSR count). The number of hydrogen-bond donors (Lipinski definition) is 0. The Morgan fingerprint density at radius 3 is 2.56 bits per heavy atom. The number of benzene rings is 1. The first-order valence-corrected chi connectivity index (χ1v) is 6.42. The van der Waals surface area contributed by atoms with Crippen molar-refractivity contribution in [3.63, 3.8) is 0 Å². The van der Waals surface area contributed by atoms with Crippen LogP contribution in [-0.2, 0) is 22.4 Å². The second-order valence-corrected chi connectivity index (χ2v) is 4.53. The summed E-state index contributed by atoms with van der Waals surface area (Å²) in [5.74, 6) is 0.725. The van der Waals surface area contributed by atoms with Crippen LogP contribution in [0.1, 0.15) is 38.3 Å². The Morgan fingerprint density at radius 1 is 1.28 bits per heavy atom. The van der Waals surface area contributed by atoms with E-state index >= 15 is 0 Å².